The lowest BCUT2D eigenvalue weighted by molar-refractivity contribution is 0.306. The van der Waals surface area contributed by atoms with Gasteiger partial charge in [-0.25, -0.2) is 15.0 Å². The van der Waals surface area contributed by atoms with Gasteiger partial charge >= 0.3 is 0 Å². The number of aromatic nitrogens is 4. The van der Waals surface area contributed by atoms with E-state index >= 15 is 0 Å². The summed E-state index contributed by atoms with van der Waals surface area (Å²) in [6, 6.07) is 11.3. The zero-order valence-electron chi connectivity index (χ0n) is 16.1. The Hall–Kier alpha value is -2.83. The summed E-state index contributed by atoms with van der Waals surface area (Å²) in [5.41, 5.74) is 9.67. The van der Waals surface area contributed by atoms with E-state index in [0.29, 0.717) is 34.4 Å². The van der Waals surface area contributed by atoms with Crippen molar-refractivity contribution in [3.8, 4) is 17.0 Å². The molecule has 1 fully saturated rings. The number of benzene rings is 1. The molecule has 3 aromatic heterocycles. The molecule has 1 aliphatic carbocycles. The number of halogens is 2. The first-order valence-corrected chi connectivity index (χ1v) is 10.5. The third kappa shape index (κ3) is 3.57. The van der Waals surface area contributed by atoms with E-state index < -0.39 is 0 Å². The zero-order valence-corrected chi connectivity index (χ0v) is 17.6. The van der Waals surface area contributed by atoms with E-state index in [2.05, 4.69) is 14.4 Å². The first kappa shape index (κ1) is 19.2. The Bertz CT molecular complexity index is 1220. The number of ether oxygens (including phenoxy) is 1. The molecule has 2 N–H and O–H groups in total. The normalized spacial score (nSPS) is 14.1. The summed E-state index contributed by atoms with van der Waals surface area (Å²) in [5.74, 6) is 2.70. The molecule has 152 valence electrons. The van der Waals surface area contributed by atoms with E-state index in [0.717, 1.165) is 41.0 Å². The van der Waals surface area contributed by atoms with Crippen LogP contribution in [-0.2, 0) is 6.61 Å². The summed E-state index contributed by atoms with van der Waals surface area (Å²) >= 11 is 11.9. The SMILES string of the molecule is Nc1nccn2c(C3CCC3)nc(-c3cccc(OCc4cc(Cl)nc(Cl)c4)c3)c12. The predicted octanol–water partition coefficient (Wildman–Crippen LogP) is 5.53. The molecule has 30 heavy (non-hydrogen) atoms. The number of rotatable bonds is 5. The fourth-order valence-corrected chi connectivity index (χ4v) is 4.25. The van der Waals surface area contributed by atoms with E-state index in [1.165, 1.54) is 6.42 Å². The second kappa shape index (κ2) is 7.78. The summed E-state index contributed by atoms with van der Waals surface area (Å²) in [6.07, 6.45) is 7.21. The second-order valence-corrected chi connectivity index (χ2v) is 8.19. The summed E-state index contributed by atoms with van der Waals surface area (Å²) in [6.45, 7) is 0.326. The van der Waals surface area contributed by atoms with E-state index in [9.17, 15) is 0 Å². The fraction of sp³-hybridized carbons (Fsp3) is 0.227. The molecule has 6 nitrogen and oxygen atoms in total. The number of nitrogen functional groups attached to an aromatic ring is 1. The second-order valence-electron chi connectivity index (χ2n) is 7.41. The first-order valence-electron chi connectivity index (χ1n) is 9.76. The summed E-state index contributed by atoms with van der Waals surface area (Å²) in [7, 11) is 0. The van der Waals surface area contributed by atoms with Crippen LogP contribution < -0.4 is 10.5 Å². The van der Waals surface area contributed by atoms with E-state index in [4.69, 9.17) is 38.7 Å². The number of pyridine rings is 1. The number of imidazole rings is 1. The van der Waals surface area contributed by atoms with Gasteiger partial charge in [-0.1, -0.05) is 41.8 Å². The van der Waals surface area contributed by atoms with Gasteiger partial charge in [0.2, 0.25) is 0 Å². The highest BCUT2D eigenvalue weighted by molar-refractivity contribution is 6.32. The van der Waals surface area contributed by atoms with Gasteiger partial charge in [0.1, 0.15) is 45.5 Å². The zero-order chi connectivity index (χ0) is 20.7. The minimum absolute atomic E-state index is 0.326. The summed E-state index contributed by atoms with van der Waals surface area (Å²) < 4.78 is 8.05. The smallest absolute Gasteiger partial charge is 0.150 e. The highest BCUT2D eigenvalue weighted by Crippen LogP contribution is 2.39. The topological polar surface area (TPSA) is 78.3 Å². The maximum atomic E-state index is 6.23. The monoisotopic (exact) mass is 439 g/mol. The molecule has 4 aromatic rings. The number of fused-ring (bicyclic) bond motifs is 1. The molecular weight excluding hydrogens is 421 g/mol. The minimum Gasteiger partial charge on any atom is -0.489 e. The highest BCUT2D eigenvalue weighted by Gasteiger charge is 2.26. The van der Waals surface area contributed by atoms with Crippen molar-refractivity contribution in [2.24, 2.45) is 0 Å². The van der Waals surface area contributed by atoms with Gasteiger partial charge in [-0.05, 0) is 42.7 Å². The number of hydrogen-bond donors (Lipinski definition) is 1. The minimum atomic E-state index is 0.326. The van der Waals surface area contributed by atoms with E-state index in [-0.39, 0.29) is 0 Å². The van der Waals surface area contributed by atoms with Crippen LogP contribution >= 0.6 is 23.2 Å². The lowest BCUT2D eigenvalue weighted by Crippen LogP contribution is -2.12. The average Bonchev–Trinajstić information content (AvgIpc) is 3.05. The van der Waals surface area contributed by atoms with Crippen LogP contribution in [-0.4, -0.2) is 19.4 Å². The van der Waals surface area contributed by atoms with Gasteiger partial charge in [-0.2, -0.15) is 0 Å². The largest absolute Gasteiger partial charge is 0.489 e. The molecule has 0 aliphatic heterocycles. The van der Waals surface area contributed by atoms with Gasteiger partial charge < -0.3 is 10.5 Å². The Kier molecular flexibility index (Phi) is 4.97. The van der Waals surface area contributed by atoms with Crippen molar-refractivity contribution in [2.45, 2.75) is 31.8 Å². The third-order valence-electron chi connectivity index (χ3n) is 5.42. The maximum Gasteiger partial charge on any atom is 0.150 e. The standard InChI is InChI=1S/C22H19Cl2N5O/c23-17-9-13(10-18(24)27-17)12-30-16-6-2-5-15(11-16)19-20-21(25)26-7-8-29(20)22(28-19)14-3-1-4-14/h2,5-11,14H,1,3-4,12H2,(H2,25,26). The third-order valence-corrected chi connectivity index (χ3v) is 5.80. The van der Waals surface area contributed by atoms with Crippen LogP contribution in [0, 0.1) is 0 Å². The van der Waals surface area contributed by atoms with Gasteiger partial charge in [0.05, 0.1) is 0 Å². The molecule has 0 bridgehead atoms. The van der Waals surface area contributed by atoms with Crippen LogP contribution in [0.3, 0.4) is 0 Å². The Balaban J connectivity index is 1.49. The lowest BCUT2D eigenvalue weighted by atomic mass is 9.85. The van der Waals surface area contributed by atoms with Crippen molar-refractivity contribution in [1.82, 2.24) is 19.4 Å². The predicted molar refractivity (Wildman–Crippen MR) is 118 cm³/mol. The Labute approximate surface area is 183 Å². The summed E-state index contributed by atoms with van der Waals surface area (Å²) in [4.78, 5) is 13.2. The fourth-order valence-electron chi connectivity index (χ4n) is 3.74. The van der Waals surface area contributed by atoms with E-state index in [1.54, 1.807) is 18.3 Å². The van der Waals surface area contributed by atoms with Gasteiger partial charge in [0.25, 0.3) is 0 Å². The summed E-state index contributed by atoms with van der Waals surface area (Å²) in [5, 5.41) is 0.677. The Morgan fingerprint density at radius 1 is 1.10 bits per heavy atom. The molecule has 0 atom stereocenters. The lowest BCUT2D eigenvalue weighted by Gasteiger charge is -2.23. The quantitative estimate of drug-likeness (QED) is 0.413. The van der Waals surface area contributed by atoms with Crippen molar-refractivity contribution >= 4 is 34.5 Å². The molecule has 1 aromatic carbocycles. The number of nitrogens with zero attached hydrogens (tertiary/aromatic N) is 4. The molecule has 0 spiro atoms. The van der Waals surface area contributed by atoms with Crippen molar-refractivity contribution in [1.29, 1.82) is 0 Å². The molecule has 3 heterocycles. The van der Waals surface area contributed by atoms with Crippen molar-refractivity contribution < 1.29 is 4.74 Å². The first-order chi connectivity index (χ1) is 14.6. The van der Waals surface area contributed by atoms with Crippen LogP contribution in [0.5, 0.6) is 5.75 Å². The molecule has 8 heteroatoms. The molecule has 0 unspecified atom stereocenters. The average molecular weight is 440 g/mol. The Morgan fingerprint density at radius 2 is 1.90 bits per heavy atom. The number of anilines is 1. The highest BCUT2D eigenvalue weighted by atomic mass is 35.5. The van der Waals surface area contributed by atoms with Crippen LogP contribution in [0.25, 0.3) is 16.8 Å². The van der Waals surface area contributed by atoms with Crippen LogP contribution in [0.4, 0.5) is 5.82 Å². The van der Waals surface area contributed by atoms with Crippen LogP contribution in [0.15, 0.2) is 48.8 Å². The number of nitrogens with two attached hydrogens (primary N) is 1. The van der Waals surface area contributed by atoms with Gasteiger partial charge in [-0.3, -0.25) is 4.40 Å². The molecule has 5 rings (SSSR count). The molecule has 0 amide bonds. The van der Waals surface area contributed by atoms with Crippen molar-refractivity contribution in [2.75, 3.05) is 5.73 Å². The maximum absolute atomic E-state index is 6.23. The molecule has 1 aliphatic rings. The van der Waals surface area contributed by atoms with Crippen molar-refractivity contribution in [3.05, 3.63) is 70.5 Å². The molecular formula is C22H19Cl2N5O. The van der Waals surface area contributed by atoms with Gasteiger partial charge in [0.15, 0.2) is 0 Å². The van der Waals surface area contributed by atoms with Gasteiger partial charge in [0, 0.05) is 23.9 Å². The van der Waals surface area contributed by atoms with Gasteiger partial charge in [-0.15, -0.1) is 0 Å². The number of hydrogen-bond acceptors (Lipinski definition) is 5. The molecule has 0 saturated heterocycles. The van der Waals surface area contributed by atoms with Crippen LogP contribution in [0.2, 0.25) is 10.3 Å². The molecule has 0 radical (unpaired) electrons. The van der Waals surface area contributed by atoms with Crippen molar-refractivity contribution in [3.63, 3.8) is 0 Å². The molecule has 1 saturated carbocycles. The van der Waals surface area contributed by atoms with Crippen LogP contribution in [0.1, 0.15) is 36.6 Å². The van der Waals surface area contributed by atoms with E-state index in [1.807, 2.05) is 30.5 Å². The Morgan fingerprint density at radius 3 is 2.63 bits per heavy atom.